The average Bonchev–Trinajstić information content (AvgIpc) is 3.18. The Balaban J connectivity index is 1.69. The molecule has 1 atom stereocenters. The van der Waals surface area contributed by atoms with Gasteiger partial charge in [-0.15, -0.1) is 0 Å². The molecule has 1 N–H and O–H groups in total. The summed E-state index contributed by atoms with van der Waals surface area (Å²) in [6, 6.07) is 20.1. The van der Waals surface area contributed by atoms with Crippen LogP contribution < -0.4 is 18.9 Å². The number of rotatable bonds is 10. The van der Waals surface area contributed by atoms with E-state index in [4.69, 9.17) is 18.9 Å². The first-order valence-corrected chi connectivity index (χ1v) is 11.9. The Labute approximate surface area is 215 Å². The molecule has 8 nitrogen and oxygen atoms in total. The van der Waals surface area contributed by atoms with Crippen LogP contribution in [0.25, 0.3) is 5.76 Å². The maximum Gasteiger partial charge on any atom is 0.295 e. The lowest BCUT2D eigenvalue weighted by molar-refractivity contribution is -0.140. The molecule has 1 aliphatic heterocycles. The number of Topliss-reactive ketones (excluding diaryl/α,β-unsaturated/α-hetero) is 1. The number of carbonyl (C=O) groups is 2. The van der Waals surface area contributed by atoms with Crippen molar-refractivity contribution >= 4 is 17.4 Å². The van der Waals surface area contributed by atoms with Crippen LogP contribution >= 0.6 is 0 Å². The Morgan fingerprint density at radius 2 is 1.51 bits per heavy atom. The minimum atomic E-state index is -0.828. The fourth-order valence-corrected chi connectivity index (χ4v) is 4.26. The van der Waals surface area contributed by atoms with Crippen molar-refractivity contribution in [3.05, 3.63) is 89.5 Å². The Hall–Kier alpha value is -4.46. The summed E-state index contributed by atoms with van der Waals surface area (Å²) < 4.78 is 21.9. The Kier molecular flexibility index (Phi) is 7.98. The highest BCUT2D eigenvalue weighted by Crippen LogP contribution is 2.40. The summed E-state index contributed by atoms with van der Waals surface area (Å²) in [5.41, 5.74) is 1.01. The van der Waals surface area contributed by atoms with Crippen LogP contribution in [0.15, 0.2) is 78.4 Å². The first kappa shape index (κ1) is 25.6. The van der Waals surface area contributed by atoms with E-state index >= 15 is 0 Å². The van der Waals surface area contributed by atoms with E-state index < -0.39 is 17.7 Å². The molecule has 3 aromatic rings. The van der Waals surface area contributed by atoms with Crippen molar-refractivity contribution in [3.8, 4) is 23.0 Å². The first-order valence-electron chi connectivity index (χ1n) is 11.9. The predicted molar refractivity (Wildman–Crippen MR) is 138 cm³/mol. The van der Waals surface area contributed by atoms with Gasteiger partial charge in [0.2, 0.25) is 0 Å². The van der Waals surface area contributed by atoms with Crippen LogP contribution in [-0.4, -0.2) is 55.7 Å². The van der Waals surface area contributed by atoms with E-state index in [2.05, 4.69) is 0 Å². The van der Waals surface area contributed by atoms with Gasteiger partial charge in [0.1, 0.15) is 35.4 Å². The van der Waals surface area contributed by atoms with Crippen LogP contribution in [0.3, 0.4) is 0 Å². The molecule has 37 heavy (non-hydrogen) atoms. The summed E-state index contributed by atoms with van der Waals surface area (Å²) in [4.78, 5) is 27.9. The van der Waals surface area contributed by atoms with E-state index in [1.807, 2.05) is 6.92 Å². The molecule has 0 radical (unpaired) electrons. The van der Waals surface area contributed by atoms with E-state index in [0.717, 1.165) is 0 Å². The molecule has 1 saturated heterocycles. The second kappa shape index (κ2) is 11.5. The zero-order chi connectivity index (χ0) is 26.4. The molecule has 0 spiro atoms. The van der Waals surface area contributed by atoms with Crippen LogP contribution in [0.2, 0.25) is 0 Å². The van der Waals surface area contributed by atoms with Crippen LogP contribution in [0.1, 0.15) is 24.1 Å². The van der Waals surface area contributed by atoms with Crippen molar-refractivity contribution in [2.24, 2.45) is 0 Å². The standard InChI is InChI=1S/C29H29NO7/c1-4-36-24-10-6-8-20(18-24)27(31)25-26(19-7-5-9-23(17-19)35-3)30(29(33)28(25)32)15-16-37-22-13-11-21(34-2)12-14-22/h5-14,17-18,26,31H,4,15-16H2,1-3H3/b27-25-. The molecule has 1 amide bonds. The number of aliphatic hydroxyl groups is 1. The normalized spacial score (nSPS) is 16.5. The lowest BCUT2D eigenvalue weighted by atomic mass is 9.95. The molecule has 1 aliphatic rings. The van der Waals surface area contributed by atoms with Gasteiger partial charge in [0, 0.05) is 5.56 Å². The maximum absolute atomic E-state index is 13.3. The van der Waals surface area contributed by atoms with Crippen molar-refractivity contribution in [2.45, 2.75) is 13.0 Å². The van der Waals surface area contributed by atoms with Crippen molar-refractivity contribution in [1.82, 2.24) is 4.90 Å². The molecule has 0 aliphatic carbocycles. The number of amides is 1. The molecule has 1 fully saturated rings. The van der Waals surface area contributed by atoms with Crippen molar-refractivity contribution < 1.29 is 33.6 Å². The summed E-state index contributed by atoms with van der Waals surface area (Å²) in [7, 11) is 3.12. The second-order valence-electron chi connectivity index (χ2n) is 8.25. The third-order valence-corrected chi connectivity index (χ3v) is 6.03. The molecular formula is C29H29NO7. The molecule has 0 aromatic heterocycles. The van der Waals surface area contributed by atoms with Gasteiger partial charge in [0.15, 0.2) is 0 Å². The number of ether oxygens (including phenoxy) is 4. The van der Waals surface area contributed by atoms with Gasteiger partial charge in [-0.1, -0.05) is 24.3 Å². The third kappa shape index (κ3) is 5.53. The van der Waals surface area contributed by atoms with Crippen LogP contribution in [-0.2, 0) is 9.59 Å². The number of benzene rings is 3. The number of likely N-dealkylation sites (tertiary alicyclic amines) is 1. The molecule has 1 unspecified atom stereocenters. The lowest BCUT2D eigenvalue weighted by Gasteiger charge is -2.25. The van der Waals surface area contributed by atoms with Crippen molar-refractivity contribution in [2.75, 3.05) is 34.0 Å². The maximum atomic E-state index is 13.3. The largest absolute Gasteiger partial charge is 0.507 e. The number of nitrogens with zero attached hydrogens (tertiary/aromatic N) is 1. The van der Waals surface area contributed by atoms with Gasteiger partial charge in [-0.2, -0.15) is 0 Å². The van der Waals surface area contributed by atoms with E-state index in [1.165, 1.54) is 12.0 Å². The number of methoxy groups -OCH3 is 2. The van der Waals surface area contributed by atoms with Gasteiger partial charge < -0.3 is 29.0 Å². The fraction of sp³-hybridized carbons (Fsp3) is 0.241. The zero-order valence-corrected chi connectivity index (χ0v) is 21.0. The van der Waals surface area contributed by atoms with Crippen molar-refractivity contribution in [1.29, 1.82) is 0 Å². The van der Waals surface area contributed by atoms with Gasteiger partial charge in [-0.3, -0.25) is 9.59 Å². The number of aliphatic hydroxyl groups excluding tert-OH is 1. The summed E-state index contributed by atoms with van der Waals surface area (Å²) in [6.07, 6.45) is 0. The van der Waals surface area contributed by atoms with Crippen molar-refractivity contribution in [3.63, 3.8) is 0 Å². The Morgan fingerprint density at radius 1 is 0.838 bits per heavy atom. The number of carbonyl (C=O) groups excluding carboxylic acids is 2. The molecule has 0 bridgehead atoms. The second-order valence-corrected chi connectivity index (χ2v) is 8.25. The average molecular weight is 504 g/mol. The van der Waals surface area contributed by atoms with E-state index in [9.17, 15) is 14.7 Å². The minimum absolute atomic E-state index is 0.00338. The van der Waals surface area contributed by atoms with Gasteiger partial charge in [-0.25, -0.2) is 0 Å². The van der Waals surface area contributed by atoms with E-state index in [1.54, 1.807) is 79.9 Å². The molecule has 192 valence electrons. The highest BCUT2D eigenvalue weighted by Gasteiger charge is 2.46. The Bertz CT molecular complexity index is 1300. The molecule has 4 rings (SSSR count). The topological polar surface area (TPSA) is 94.5 Å². The predicted octanol–water partition coefficient (Wildman–Crippen LogP) is 4.60. The quantitative estimate of drug-likeness (QED) is 0.245. The first-order chi connectivity index (χ1) is 18.0. The summed E-state index contributed by atoms with van der Waals surface area (Å²) in [5.74, 6) is 0.659. The number of hydrogen-bond donors (Lipinski definition) is 1. The summed E-state index contributed by atoms with van der Waals surface area (Å²) in [6.45, 7) is 2.56. The van der Waals surface area contributed by atoms with E-state index in [0.29, 0.717) is 40.7 Å². The summed E-state index contributed by atoms with van der Waals surface area (Å²) in [5, 5.41) is 11.3. The molecule has 8 heteroatoms. The molecular weight excluding hydrogens is 474 g/mol. The fourth-order valence-electron chi connectivity index (χ4n) is 4.26. The number of ketones is 1. The van der Waals surface area contributed by atoms with Crippen LogP contribution in [0, 0.1) is 0 Å². The minimum Gasteiger partial charge on any atom is -0.507 e. The monoisotopic (exact) mass is 503 g/mol. The van der Waals surface area contributed by atoms with E-state index in [-0.39, 0.29) is 24.5 Å². The van der Waals surface area contributed by atoms with Gasteiger partial charge in [-0.05, 0) is 61.0 Å². The van der Waals surface area contributed by atoms with Gasteiger partial charge >= 0.3 is 0 Å². The molecule has 1 heterocycles. The van der Waals surface area contributed by atoms with Crippen LogP contribution in [0.4, 0.5) is 0 Å². The van der Waals surface area contributed by atoms with Gasteiger partial charge in [0.25, 0.3) is 11.7 Å². The highest BCUT2D eigenvalue weighted by atomic mass is 16.5. The Morgan fingerprint density at radius 3 is 2.22 bits per heavy atom. The summed E-state index contributed by atoms with van der Waals surface area (Å²) >= 11 is 0. The number of hydrogen-bond acceptors (Lipinski definition) is 7. The lowest BCUT2D eigenvalue weighted by Crippen LogP contribution is -2.33. The van der Waals surface area contributed by atoms with Gasteiger partial charge in [0.05, 0.1) is 39.0 Å². The third-order valence-electron chi connectivity index (χ3n) is 6.03. The van der Waals surface area contributed by atoms with Crippen LogP contribution in [0.5, 0.6) is 23.0 Å². The molecule has 3 aromatic carbocycles. The SMILES string of the molecule is CCOc1cccc(/C(O)=C2/C(=O)C(=O)N(CCOc3ccc(OC)cc3)C2c2cccc(OC)c2)c1. The zero-order valence-electron chi connectivity index (χ0n) is 21.0. The highest BCUT2D eigenvalue weighted by molar-refractivity contribution is 6.46. The smallest absolute Gasteiger partial charge is 0.295 e. The molecule has 0 saturated carbocycles.